The molecular weight excluding hydrogens is 349 g/mol. The molecule has 0 atom stereocenters. The Morgan fingerprint density at radius 1 is 0.808 bits per heavy atom. The number of carbonyl (C=O) groups excluding carboxylic acids is 3. The van der Waals surface area contributed by atoms with E-state index in [1.54, 1.807) is 30.3 Å². The van der Waals surface area contributed by atoms with Crippen LogP contribution >= 0.6 is 0 Å². The fourth-order valence-corrected chi connectivity index (χ4v) is 2.08. The molecule has 0 aromatic heterocycles. The molecule has 26 heavy (non-hydrogen) atoms. The number of amides is 2. The van der Waals surface area contributed by atoms with Gasteiger partial charge in [-0.2, -0.15) is 0 Å². The molecule has 2 aromatic carbocycles. The molecule has 0 aliphatic carbocycles. The number of carbonyl (C=O) groups is 3. The lowest BCUT2D eigenvalue weighted by molar-refractivity contribution is -0.124. The van der Waals surface area contributed by atoms with Crippen molar-refractivity contribution in [3.63, 3.8) is 0 Å². The van der Waals surface area contributed by atoms with E-state index in [0.717, 1.165) is 6.07 Å². The van der Waals surface area contributed by atoms with Crippen molar-refractivity contribution in [2.24, 2.45) is 0 Å². The number of hydrogen-bond acceptors (Lipinski definition) is 3. The third kappa shape index (κ3) is 5.17. The standard InChI is InChI=1S/C18H15F3N2O3/c19-12-6-7-13(18(21)17(12)20)23-16(26)10-22-15(25)9-8-14(24)11-4-2-1-3-5-11/h1-7H,8-10H2,(H,22,25)(H,23,26). The zero-order valence-corrected chi connectivity index (χ0v) is 13.5. The number of anilines is 1. The Labute approximate surface area is 147 Å². The second kappa shape index (κ2) is 8.80. The smallest absolute Gasteiger partial charge is 0.243 e. The molecule has 2 rings (SSSR count). The first-order chi connectivity index (χ1) is 12.4. The van der Waals surface area contributed by atoms with Gasteiger partial charge in [0.25, 0.3) is 0 Å². The molecule has 0 aliphatic heterocycles. The average Bonchev–Trinajstić information content (AvgIpc) is 2.65. The lowest BCUT2D eigenvalue weighted by Crippen LogP contribution is -2.33. The first-order valence-corrected chi connectivity index (χ1v) is 7.66. The summed E-state index contributed by atoms with van der Waals surface area (Å²) in [4.78, 5) is 35.2. The van der Waals surface area contributed by atoms with Gasteiger partial charge in [-0.15, -0.1) is 0 Å². The van der Waals surface area contributed by atoms with E-state index in [-0.39, 0.29) is 18.6 Å². The van der Waals surface area contributed by atoms with Gasteiger partial charge >= 0.3 is 0 Å². The molecule has 0 spiro atoms. The minimum atomic E-state index is -1.70. The van der Waals surface area contributed by atoms with Gasteiger partial charge < -0.3 is 10.6 Å². The molecule has 8 heteroatoms. The molecule has 0 radical (unpaired) electrons. The van der Waals surface area contributed by atoms with E-state index in [0.29, 0.717) is 11.6 Å². The first-order valence-electron chi connectivity index (χ1n) is 7.66. The highest BCUT2D eigenvalue weighted by atomic mass is 19.2. The number of hydrogen-bond donors (Lipinski definition) is 2. The average molecular weight is 364 g/mol. The molecule has 0 saturated carbocycles. The van der Waals surface area contributed by atoms with Gasteiger partial charge in [0, 0.05) is 18.4 Å². The Morgan fingerprint density at radius 2 is 1.50 bits per heavy atom. The lowest BCUT2D eigenvalue weighted by atomic mass is 10.1. The topological polar surface area (TPSA) is 75.3 Å². The minimum Gasteiger partial charge on any atom is -0.347 e. The summed E-state index contributed by atoms with van der Waals surface area (Å²) in [6, 6.07) is 9.96. The largest absolute Gasteiger partial charge is 0.347 e. The maximum Gasteiger partial charge on any atom is 0.243 e. The van der Waals surface area contributed by atoms with E-state index < -0.39 is 41.5 Å². The second-order valence-electron chi connectivity index (χ2n) is 5.34. The summed E-state index contributed by atoms with van der Waals surface area (Å²) in [5.74, 6) is -6.19. The van der Waals surface area contributed by atoms with Crippen LogP contribution in [0.3, 0.4) is 0 Å². The van der Waals surface area contributed by atoms with Gasteiger partial charge in [-0.05, 0) is 12.1 Å². The Balaban J connectivity index is 1.78. The van der Waals surface area contributed by atoms with Gasteiger partial charge in [0.05, 0.1) is 12.2 Å². The predicted octanol–water partition coefficient (Wildman–Crippen LogP) is 2.82. The number of benzene rings is 2. The fourth-order valence-electron chi connectivity index (χ4n) is 2.08. The minimum absolute atomic E-state index is 0.0325. The summed E-state index contributed by atoms with van der Waals surface area (Å²) >= 11 is 0. The van der Waals surface area contributed by atoms with Crippen LogP contribution in [-0.4, -0.2) is 24.1 Å². The van der Waals surface area contributed by atoms with E-state index in [2.05, 4.69) is 5.32 Å². The van der Waals surface area contributed by atoms with Crippen LogP contribution in [-0.2, 0) is 9.59 Å². The van der Waals surface area contributed by atoms with Gasteiger partial charge in [0.15, 0.2) is 23.2 Å². The number of halogens is 3. The van der Waals surface area contributed by atoms with Crippen molar-refractivity contribution in [3.8, 4) is 0 Å². The maximum atomic E-state index is 13.4. The van der Waals surface area contributed by atoms with Gasteiger partial charge in [-0.3, -0.25) is 14.4 Å². The molecule has 0 saturated heterocycles. The van der Waals surface area contributed by atoms with Crippen molar-refractivity contribution in [2.75, 3.05) is 11.9 Å². The van der Waals surface area contributed by atoms with E-state index in [9.17, 15) is 27.6 Å². The van der Waals surface area contributed by atoms with Crippen LogP contribution in [0.1, 0.15) is 23.2 Å². The van der Waals surface area contributed by atoms with Crippen molar-refractivity contribution in [1.29, 1.82) is 0 Å². The number of Topliss-reactive ketones (excluding diaryl/α,β-unsaturated/α-hetero) is 1. The summed E-state index contributed by atoms with van der Waals surface area (Å²) in [6.07, 6.45) is -0.157. The third-order valence-corrected chi connectivity index (χ3v) is 3.43. The monoisotopic (exact) mass is 364 g/mol. The van der Waals surface area contributed by atoms with E-state index in [4.69, 9.17) is 0 Å². The molecular formula is C18H15F3N2O3. The quantitative estimate of drug-likeness (QED) is 0.586. The zero-order valence-electron chi connectivity index (χ0n) is 13.5. The lowest BCUT2D eigenvalue weighted by Gasteiger charge is -2.08. The molecule has 2 amide bonds. The van der Waals surface area contributed by atoms with Gasteiger partial charge in [0.1, 0.15) is 0 Å². The van der Waals surface area contributed by atoms with Crippen molar-refractivity contribution in [1.82, 2.24) is 5.32 Å². The van der Waals surface area contributed by atoms with Crippen molar-refractivity contribution in [3.05, 3.63) is 65.5 Å². The Bertz CT molecular complexity index is 826. The molecule has 2 N–H and O–H groups in total. The molecule has 5 nitrogen and oxygen atoms in total. The van der Waals surface area contributed by atoms with Crippen LogP contribution in [0.4, 0.5) is 18.9 Å². The Morgan fingerprint density at radius 3 is 2.19 bits per heavy atom. The highest BCUT2D eigenvalue weighted by molar-refractivity contribution is 5.98. The summed E-state index contributed by atoms with van der Waals surface area (Å²) < 4.78 is 39.3. The van der Waals surface area contributed by atoms with E-state index >= 15 is 0 Å². The van der Waals surface area contributed by atoms with Gasteiger partial charge in [-0.1, -0.05) is 30.3 Å². The third-order valence-electron chi connectivity index (χ3n) is 3.43. The van der Waals surface area contributed by atoms with E-state index in [1.807, 2.05) is 5.32 Å². The summed E-state index contributed by atoms with van der Waals surface area (Å²) in [7, 11) is 0. The maximum absolute atomic E-state index is 13.4. The predicted molar refractivity (Wildman–Crippen MR) is 88.0 cm³/mol. The first kappa shape index (κ1) is 19.2. The molecule has 0 unspecified atom stereocenters. The van der Waals surface area contributed by atoms with Crippen LogP contribution in [0.2, 0.25) is 0 Å². The zero-order chi connectivity index (χ0) is 19.1. The normalized spacial score (nSPS) is 10.3. The van der Waals surface area contributed by atoms with Crippen LogP contribution < -0.4 is 10.6 Å². The summed E-state index contributed by atoms with van der Waals surface area (Å²) in [5.41, 5.74) is -0.0609. The van der Waals surface area contributed by atoms with Crippen molar-refractivity contribution in [2.45, 2.75) is 12.8 Å². The van der Waals surface area contributed by atoms with Crippen molar-refractivity contribution < 1.29 is 27.6 Å². The summed E-state index contributed by atoms with van der Waals surface area (Å²) in [5, 5.41) is 4.28. The molecule has 0 fully saturated rings. The van der Waals surface area contributed by atoms with Crippen LogP contribution in [0, 0.1) is 17.5 Å². The van der Waals surface area contributed by atoms with Gasteiger partial charge in [-0.25, -0.2) is 13.2 Å². The van der Waals surface area contributed by atoms with Crippen LogP contribution in [0.5, 0.6) is 0 Å². The number of ketones is 1. The molecule has 0 aliphatic rings. The molecule has 0 bridgehead atoms. The molecule has 2 aromatic rings. The number of rotatable bonds is 7. The van der Waals surface area contributed by atoms with Gasteiger partial charge in [0.2, 0.25) is 11.8 Å². The van der Waals surface area contributed by atoms with E-state index in [1.165, 1.54) is 0 Å². The highest BCUT2D eigenvalue weighted by Crippen LogP contribution is 2.19. The van der Waals surface area contributed by atoms with Crippen molar-refractivity contribution >= 4 is 23.3 Å². The molecule has 136 valence electrons. The Hall–Kier alpha value is -3.16. The number of nitrogens with one attached hydrogen (secondary N) is 2. The highest BCUT2D eigenvalue weighted by Gasteiger charge is 2.16. The van der Waals surface area contributed by atoms with Crippen LogP contribution in [0.25, 0.3) is 0 Å². The van der Waals surface area contributed by atoms with Crippen LogP contribution in [0.15, 0.2) is 42.5 Å². The second-order valence-corrected chi connectivity index (χ2v) is 5.34. The summed E-state index contributed by atoms with van der Waals surface area (Å²) in [6.45, 7) is -0.503. The molecule has 0 heterocycles. The Kier molecular flexibility index (Phi) is 6.48. The SMILES string of the molecule is O=C(CCC(=O)c1ccccc1)NCC(=O)Nc1ccc(F)c(F)c1F. The fraction of sp³-hybridized carbons (Fsp3) is 0.167.